The molecule has 1 N–H and O–H groups in total. The minimum Gasteiger partial charge on any atom is -0.462 e. The van der Waals surface area contributed by atoms with Crippen molar-refractivity contribution in [3.8, 4) is 0 Å². The van der Waals surface area contributed by atoms with Crippen LogP contribution in [0.3, 0.4) is 0 Å². The predicted molar refractivity (Wildman–Crippen MR) is 120 cm³/mol. The van der Waals surface area contributed by atoms with Gasteiger partial charge in [-0.25, -0.2) is 4.79 Å². The predicted octanol–water partition coefficient (Wildman–Crippen LogP) is 4.40. The van der Waals surface area contributed by atoms with Crippen LogP contribution < -0.4 is 5.32 Å². The van der Waals surface area contributed by atoms with Crippen LogP contribution in [-0.4, -0.2) is 38.8 Å². The summed E-state index contributed by atoms with van der Waals surface area (Å²) in [5.74, 6) is -0.360. The van der Waals surface area contributed by atoms with Gasteiger partial charge in [-0.2, -0.15) is 0 Å². The molecule has 5 rings (SSSR count). The fourth-order valence-corrected chi connectivity index (χ4v) is 6.71. The lowest BCUT2D eigenvalue weighted by Crippen LogP contribution is -2.17. The third-order valence-electron chi connectivity index (χ3n) is 4.90. The first kappa shape index (κ1) is 19.5. The summed E-state index contributed by atoms with van der Waals surface area (Å²) in [6.07, 6.45) is 2.84. The summed E-state index contributed by atoms with van der Waals surface area (Å²) in [5, 5.41) is 12.7. The third kappa shape index (κ3) is 3.38. The number of hydrogen-bond donors (Lipinski definition) is 1. The number of hydrogen-bond acceptors (Lipinski definition) is 8. The maximum Gasteiger partial charge on any atom is 0.341 e. The molecule has 0 atom stereocenters. The van der Waals surface area contributed by atoms with E-state index in [1.807, 2.05) is 28.7 Å². The Morgan fingerprint density at radius 1 is 1.23 bits per heavy atom. The number of aromatic nitrogens is 3. The van der Waals surface area contributed by atoms with Gasteiger partial charge in [0.1, 0.15) is 5.00 Å². The zero-order valence-corrected chi connectivity index (χ0v) is 18.6. The monoisotopic (exact) mass is 458 g/mol. The summed E-state index contributed by atoms with van der Waals surface area (Å²) in [6, 6.07) is 8.03. The Morgan fingerprint density at radius 2 is 2.10 bits per heavy atom. The maximum atomic E-state index is 12.7. The average Bonchev–Trinajstić information content (AvgIpc) is 3.46. The van der Waals surface area contributed by atoms with Gasteiger partial charge in [0.05, 0.1) is 28.1 Å². The molecule has 0 spiro atoms. The second-order valence-corrected chi connectivity index (χ2v) is 9.85. The maximum absolute atomic E-state index is 12.7. The van der Waals surface area contributed by atoms with Gasteiger partial charge in [-0.15, -0.1) is 21.5 Å². The number of amides is 1. The molecule has 0 fully saturated rings. The normalized spacial score (nSPS) is 13.1. The van der Waals surface area contributed by atoms with Crippen molar-refractivity contribution in [3.63, 3.8) is 0 Å². The number of ether oxygens (including phenoxy) is 1. The van der Waals surface area contributed by atoms with E-state index in [1.165, 1.54) is 28.0 Å². The fourth-order valence-electron chi connectivity index (χ4n) is 3.65. The highest BCUT2D eigenvalue weighted by molar-refractivity contribution is 7.99. The van der Waals surface area contributed by atoms with Crippen molar-refractivity contribution in [1.29, 1.82) is 0 Å². The molecular formula is C20H18N4O3S3. The van der Waals surface area contributed by atoms with Gasteiger partial charge in [0.25, 0.3) is 0 Å². The number of thiophene rings is 1. The zero-order chi connectivity index (χ0) is 20.7. The third-order valence-corrected chi connectivity index (χ3v) is 8.05. The molecule has 7 nitrogen and oxygen atoms in total. The van der Waals surface area contributed by atoms with E-state index in [2.05, 4.69) is 15.5 Å². The van der Waals surface area contributed by atoms with E-state index < -0.39 is 0 Å². The summed E-state index contributed by atoms with van der Waals surface area (Å²) in [4.78, 5) is 27.1. The van der Waals surface area contributed by atoms with E-state index in [0.717, 1.165) is 40.0 Å². The highest BCUT2D eigenvalue weighted by atomic mass is 32.2. The number of thioether (sulfide) groups is 1. The highest BCUT2D eigenvalue weighted by Crippen LogP contribution is 2.39. The Labute approximate surface area is 184 Å². The van der Waals surface area contributed by atoms with E-state index in [9.17, 15) is 9.59 Å². The van der Waals surface area contributed by atoms with Crippen molar-refractivity contribution in [1.82, 2.24) is 14.6 Å². The van der Waals surface area contributed by atoms with E-state index >= 15 is 0 Å². The quantitative estimate of drug-likeness (QED) is 0.340. The number of benzene rings is 1. The molecule has 1 aromatic carbocycles. The van der Waals surface area contributed by atoms with Crippen molar-refractivity contribution < 1.29 is 14.3 Å². The van der Waals surface area contributed by atoms with Crippen LogP contribution in [0.2, 0.25) is 0 Å². The molecule has 0 unspecified atom stereocenters. The van der Waals surface area contributed by atoms with E-state index in [4.69, 9.17) is 4.74 Å². The summed E-state index contributed by atoms with van der Waals surface area (Å²) in [5.41, 5.74) is 2.59. The summed E-state index contributed by atoms with van der Waals surface area (Å²) >= 11 is 4.39. The molecule has 0 saturated heterocycles. The largest absolute Gasteiger partial charge is 0.462 e. The van der Waals surface area contributed by atoms with Crippen molar-refractivity contribution >= 4 is 66.5 Å². The number of nitrogens with one attached hydrogen (secondary N) is 1. The highest BCUT2D eigenvalue weighted by Gasteiger charge is 2.28. The van der Waals surface area contributed by atoms with Crippen LogP contribution in [-0.2, 0) is 22.4 Å². The molecular weight excluding hydrogens is 440 g/mol. The standard InChI is InChI=1S/C20H18N4O3S3/c1-2-27-18(26)16-11-6-5-9-13(11)29-17(16)21-15(25)10-28-19-22-23-20-24(19)12-7-3-4-8-14(12)30-20/h3-4,7-8H,2,5-6,9-10H2,1H3,(H,21,25). The molecule has 0 bridgehead atoms. The van der Waals surface area contributed by atoms with Gasteiger partial charge in [-0.3, -0.25) is 9.20 Å². The van der Waals surface area contributed by atoms with Crippen LogP contribution in [0, 0.1) is 0 Å². The second-order valence-electron chi connectivity index (χ2n) is 6.79. The Hall–Kier alpha value is -2.43. The van der Waals surface area contributed by atoms with Gasteiger partial charge in [0, 0.05) is 4.88 Å². The molecule has 1 aliphatic carbocycles. The van der Waals surface area contributed by atoms with Crippen LogP contribution in [0.5, 0.6) is 0 Å². The SMILES string of the molecule is CCOC(=O)c1c(NC(=O)CSc2nnc3sc4ccccc4n23)sc2c1CCC2. The Morgan fingerprint density at radius 3 is 2.97 bits per heavy atom. The average molecular weight is 459 g/mol. The van der Waals surface area contributed by atoms with Crippen molar-refractivity contribution in [2.75, 3.05) is 17.7 Å². The van der Waals surface area contributed by atoms with Crippen LogP contribution in [0.1, 0.15) is 34.1 Å². The Balaban J connectivity index is 1.34. The molecule has 0 aliphatic heterocycles. The molecule has 10 heteroatoms. The number of carbonyl (C=O) groups is 2. The van der Waals surface area contributed by atoms with E-state index in [0.29, 0.717) is 22.3 Å². The first-order valence-electron chi connectivity index (χ1n) is 9.62. The van der Waals surface area contributed by atoms with Crippen LogP contribution in [0.15, 0.2) is 29.4 Å². The number of rotatable bonds is 6. The minimum absolute atomic E-state index is 0.176. The van der Waals surface area contributed by atoms with Crippen molar-refractivity contribution in [2.24, 2.45) is 0 Å². The first-order chi connectivity index (χ1) is 14.7. The second kappa shape index (κ2) is 8.01. The topological polar surface area (TPSA) is 85.6 Å². The summed E-state index contributed by atoms with van der Waals surface area (Å²) in [6.45, 7) is 2.09. The smallest absolute Gasteiger partial charge is 0.341 e. The number of anilines is 1. The Bertz CT molecular complexity index is 1270. The lowest BCUT2D eigenvalue weighted by Gasteiger charge is -2.07. The molecule has 3 heterocycles. The lowest BCUT2D eigenvalue weighted by atomic mass is 10.1. The van der Waals surface area contributed by atoms with Crippen molar-refractivity contribution in [3.05, 3.63) is 40.3 Å². The molecule has 4 aromatic rings. The van der Waals surface area contributed by atoms with Crippen molar-refractivity contribution in [2.45, 2.75) is 31.3 Å². The fraction of sp³-hybridized carbons (Fsp3) is 0.300. The first-order valence-corrected chi connectivity index (χ1v) is 12.2. The zero-order valence-electron chi connectivity index (χ0n) is 16.1. The summed E-state index contributed by atoms with van der Waals surface area (Å²) in [7, 11) is 0. The van der Waals surface area contributed by atoms with Crippen LogP contribution in [0.4, 0.5) is 5.00 Å². The number of aryl methyl sites for hydroxylation is 1. The van der Waals surface area contributed by atoms with Gasteiger partial charge in [0.15, 0.2) is 5.16 Å². The minimum atomic E-state index is -0.358. The van der Waals surface area contributed by atoms with Gasteiger partial charge < -0.3 is 10.1 Å². The van der Waals surface area contributed by atoms with Gasteiger partial charge in [-0.05, 0) is 43.9 Å². The summed E-state index contributed by atoms with van der Waals surface area (Å²) < 4.78 is 8.32. The molecule has 0 radical (unpaired) electrons. The van der Waals surface area contributed by atoms with Crippen LogP contribution in [0.25, 0.3) is 15.2 Å². The van der Waals surface area contributed by atoms with E-state index in [1.54, 1.807) is 18.3 Å². The van der Waals surface area contributed by atoms with Gasteiger partial charge >= 0.3 is 5.97 Å². The van der Waals surface area contributed by atoms with Gasteiger partial charge in [-0.1, -0.05) is 35.2 Å². The number of carbonyl (C=O) groups excluding carboxylic acids is 2. The molecule has 3 aromatic heterocycles. The lowest BCUT2D eigenvalue weighted by molar-refractivity contribution is -0.113. The molecule has 1 aliphatic rings. The molecule has 1 amide bonds. The molecule has 154 valence electrons. The van der Waals surface area contributed by atoms with Gasteiger partial charge in [0.2, 0.25) is 10.9 Å². The number of esters is 1. The molecule has 0 saturated carbocycles. The number of fused-ring (bicyclic) bond motifs is 4. The number of nitrogens with zero attached hydrogens (tertiary/aromatic N) is 3. The van der Waals surface area contributed by atoms with E-state index in [-0.39, 0.29) is 17.6 Å². The number of thiazole rings is 1. The number of para-hydroxylation sites is 1. The Kier molecular flexibility index (Phi) is 5.21. The molecule has 30 heavy (non-hydrogen) atoms. The van der Waals surface area contributed by atoms with Crippen LogP contribution >= 0.6 is 34.4 Å².